The Labute approximate surface area is 103 Å². The Morgan fingerprint density at radius 1 is 1.18 bits per heavy atom. The highest BCUT2D eigenvalue weighted by Gasteiger charge is 2.56. The van der Waals surface area contributed by atoms with Gasteiger partial charge in [0, 0.05) is 10.6 Å². The predicted molar refractivity (Wildman–Crippen MR) is 60.6 cm³/mol. The maximum Gasteiger partial charge on any atom is 0.160 e. The van der Waals surface area contributed by atoms with Crippen LogP contribution in [0.4, 0.5) is 8.78 Å². The van der Waals surface area contributed by atoms with E-state index in [0.29, 0.717) is 17.4 Å². The van der Waals surface area contributed by atoms with Gasteiger partial charge in [-0.2, -0.15) is 0 Å². The standard InChI is InChI=1S/C13H13ClF2O/c14-9-5-11(16)10(15)4-8(9)13(17)12-6-2-1-3-7(6)12/h4-7,12-13,17H,1-3H2. The summed E-state index contributed by atoms with van der Waals surface area (Å²) >= 11 is 5.86. The van der Waals surface area contributed by atoms with E-state index in [1.807, 2.05) is 0 Å². The second-order valence-electron chi connectivity index (χ2n) is 5.07. The van der Waals surface area contributed by atoms with E-state index in [4.69, 9.17) is 11.6 Å². The molecule has 2 aliphatic rings. The minimum atomic E-state index is -0.970. The number of hydrogen-bond donors (Lipinski definition) is 1. The summed E-state index contributed by atoms with van der Waals surface area (Å²) in [6.07, 6.45) is 2.72. The normalized spacial score (nSPS) is 32.4. The highest BCUT2D eigenvalue weighted by atomic mass is 35.5. The molecule has 1 aromatic carbocycles. The summed E-state index contributed by atoms with van der Waals surface area (Å²) in [5.74, 6) is -0.634. The zero-order chi connectivity index (χ0) is 12.2. The van der Waals surface area contributed by atoms with Gasteiger partial charge in [-0.25, -0.2) is 8.78 Å². The second kappa shape index (κ2) is 3.92. The fourth-order valence-corrected chi connectivity index (χ4v) is 3.58. The monoisotopic (exact) mass is 258 g/mol. The van der Waals surface area contributed by atoms with Crippen LogP contribution in [0.25, 0.3) is 0 Å². The van der Waals surface area contributed by atoms with E-state index in [0.717, 1.165) is 25.0 Å². The van der Waals surface area contributed by atoms with E-state index < -0.39 is 17.7 Å². The van der Waals surface area contributed by atoms with Crippen molar-refractivity contribution in [2.24, 2.45) is 17.8 Å². The van der Waals surface area contributed by atoms with E-state index >= 15 is 0 Å². The van der Waals surface area contributed by atoms with Gasteiger partial charge in [0.1, 0.15) is 0 Å². The molecule has 0 saturated heterocycles. The Morgan fingerprint density at radius 3 is 2.41 bits per heavy atom. The Bertz CT molecular complexity index is 453. The maximum absolute atomic E-state index is 13.1. The Balaban J connectivity index is 1.87. The molecule has 3 rings (SSSR count). The average Bonchev–Trinajstić information content (AvgIpc) is 2.76. The van der Waals surface area contributed by atoms with Crippen LogP contribution in [0.3, 0.4) is 0 Å². The first-order chi connectivity index (χ1) is 8.09. The first-order valence-corrected chi connectivity index (χ1v) is 6.30. The van der Waals surface area contributed by atoms with Gasteiger partial charge in [-0.15, -0.1) is 0 Å². The molecule has 2 saturated carbocycles. The lowest BCUT2D eigenvalue weighted by Crippen LogP contribution is -2.06. The molecule has 1 N–H and O–H groups in total. The van der Waals surface area contributed by atoms with Crippen LogP contribution < -0.4 is 0 Å². The largest absolute Gasteiger partial charge is 0.388 e. The van der Waals surface area contributed by atoms with Crippen molar-refractivity contribution in [2.45, 2.75) is 25.4 Å². The van der Waals surface area contributed by atoms with E-state index in [2.05, 4.69) is 0 Å². The van der Waals surface area contributed by atoms with E-state index in [-0.39, 0.29) is 10.9 Å². The lowest BCUT2D eigenvalue weighted by Gasteiger charge is -2.15. The van der Waals surface area contributed by atoms with Gasteiger partial charge < -0.3 is 5.11 Å². The second-order valence-corrected chi connectivity index (χ2v) is 5.48. The van der Waals surface area contributed by atoms with Gasteiger partial charge >= 0.3 is 0 Å². The quantitative estimate of drug-likeness (QED) is 0.802. The number of rotatable bonds is 2. The van der Waals surface area contributed by atoms with Crippen LogP contribution in [0.5, 0.6) is 0 Å². The van der Waals surface area contributed by atoms with Crippen LogP contribution in [0.15, 0.2) is 12.1 Å². The van der Waals surface area contributed by atoms with Crippen molar-refractivity contribution >= 4 is 11.6 Å². The van der Waals surface area contributed by atoms with Gasteiger partial charge in [-0.3, -0.25) is 0 Å². The van der Waals surface area contributed by atoms with E-state index in [1.165, 1.54) is 6.42 Å². The van der Waals surface area contributed by atoms with Crippen LogP contribution in [0.1, 0.15) is 30.9 Å². The van der Waals surface area contributed by atoms with Crippen molar-refractivity contribution in [3.05, 3.63) is 34.4 Å². The first kappa shape index (κ1) is 11.4. The zero-order valence-electron chi connectivity index (χ0n) is 9.17. The SMILES string of the molecule is OC(c1cc(F)c(F)cc1Cl)C1C2CCCC21. The van der Waals surface area contributed by atoms with Crippen molar-refractivity contribution in [1.82, 2.24) is 0 Å². The molecule has 0 radical (unpaired) electrons. The summed E-state index contributed by atoms with van der Waals surface area (Å²) in [4.78, 5) is 0. The molecular weight excluding hydrogens is 246 g/mol. The molecule has 0 heterocycles. The molecule has 4 heteroatoms. The third-order valence-electron chi connectivity index (χ3n) is 4.20. The molecule has 92 valence electrons. The topological polar surface area (TPSA) is 20.2 Å². The molecule has 0 aromatic heterocycles. The minimum Gasteiger partial charge on any atom is -0.388 e. The molecule has 2 fully saturated rings. The highest BCUT2D eigenvalue weighted by molar-refractivity contribution is 6.31. The summed E-state index contributed by atoms with van der Waals surface area (Å²) in [6, 6.07) is 1.96. The molecule has 0 spiro atoms. The van der Waals surface area contributed by atoms with Crippen molar-refractivity contribution in [3.63, 3.8) is 0 Å². The third-order valence-corrected chi connectivity index (χ3v) is 4.52. The van der Waals surface area contributed by atoms with Crippen LogP contribution in [0.2, 0.25) is 5.02 Å². The zero-order valence-corrected chi connectivity index (χ0v) is 9.92. The van der Waals surface area contributed by atoms with Crippen molar-refractivity contribution < 1.29 is 13.9 Å². The molecule has 0 bridgehead atoms. The first-order valence-electron chi connectivity index (χ1n) is 5.92. The summed E-state index contributed by atoms with van der Waals surface area (Å²) in [6.45, 7) is 0. The number of halogens is 3. The number of benzene rings is 1. The van der Waals surface area contributed by atoms with Gasteiger partial charge in [0.2, 0.25) is 0 Å². The fraction of sp³-hybridized carbons (Fsp3) is 0.538. The highest BCUT2D eigenvalue weighted by Crippen LogP contribution is 2.62. The molecular formula is C13H13ClF2O. The van der Waals surface area contributed by atoms with Crippen LogP contribution in [0, 0.1) is 29.4 Å². The minimum absolute atomic E-state index is 0.112. The number of hydrogen-bond acceptors (Lipinski definition) is 1. The third kappa shape index (κ3) is 1.76. The molecule has 1 aromatic rings. The Morgan fingerprint density at radius 2 is 1.76 bits per heavy atom. The molecule has 1 nitrogen and oxygen atoms in total. The molecule has 17 heavy (non-hydrogen) atoms. The van der Waals surface area contributed by atoms with Gasteiger partial charge in [0.25, 0.3) is 0 Å². The number of aliphatic hydroxyl groups excluding tert-OH is 1. The Hall–Kier alpha value is -0.670. The van der Waals surface area contributed by atoms with Crippen molar-refractivity contribution in [3.8, 4) is 0 Å². The van der Waals surface area contributed by atoms with Crippen molar-refractivity contribution in [2.75, 3.05) is 0 Å². The molecule has 0 aliphatic heterocycles. The molecule has 0 amide bonds. The smallest absolute Gasteiger partial charge is 0.160 e. The van der Waals surface area contributed by atoms with Crippen LogP contribution in [-0.2, 0) is 0 Å². The number of aliphatic hydroxyl groups is 1. The van der Waals surface area contributed by atoms with Crippen molar-refractivity contribution in [1.29, 1.82) is 0 Å². The van der Waals surface area contributed by atoms with Crippen LogP contribution in [-0.4, -0.2) is 5.11 Å². The summed E-state index contributed by atoms with van der Waals surface area (Å²) in [5, 5.41) is 10.3. The summed E-state index contributed by atoms with van der Waals surface area (Å²) < 4.78 is 26.1. The Kier molecular flexibility index (Phi) is 2.64. The average molecular weight is 259 g/mol. The van der Waals surface area contributed by atoms with Crippen LogP contribution >= 0.6 is 11.6 Å². The predicted octanol–water partition coefficient (Wildman–Crippen LogP) is 3.70. The van der Waals surface area contributed by atoms with Gasteiger partial charge in [0.05, 0.1) is 6.10 Å². The van der Waals surface area contributed by atoms with Gasteiger partial charge in [-0.1, -0.05) is 18.0 Å². The van der Waals surface area contributed by atoms with E-state index in [9.17, 15) is 13.9 Å². The van der Waals surface area contributed by atoms with Gasteiger partial charge in [0.15, 0.2) is 11.6 Å². The molecule has 3 atom stereocenters. The maximum atomic E-state index is 13.1. The fourth-order valence-electron chi connectivity index (χ4n) is 3.32. The summed E-state index contributed by atoms with van der Waals surface area (Å²) in [7, 11) is 0. The molecule has 2 aliphatic carbocycles. The lowest BCUT2D eigenvalue weighted by molar-refractivity contribution is 0.136. The molecule has 3 unspecified atom stereocenters. The van der Waals surface area contributed by atoms with E-state index in [1.54, 1.807) is 0 Å². The number of fused-ring (bicyclic) bond motifs is 1. The summed E-state index contributed by atoms with van der Waals surface area (Å²) in [5.41, 5.74) is 0.324. The lowest BCUT2D eigenvalue weighted by atomic mass is 9.99. The van der Waals surface area contributed by atoms with Gasteiger partial charge in [-0.05, 0) is 42.7 Å².